The molecule has 0 fully saturated rings. The van der Waals surface area contributed by atoms with E-state index >= 15 is 0 Å². The van der Waals surface area contributed by atoms with Crippen LogP contribution in [0.15, 0.2) is 36.4 Å². The average Bonchev–Trinajstić information content (AvgIpc) is 2.43. The topological polar surface area (TPSA) is 18.5 Å². The molecule has 0 saturated carbocycles. The van der Waals surface area contributed by atoms with E-state index in [-0.39, 0.29) is 0 Å². The minimum absolute atomic E-state index is 0.631. The highest BCUT2D eigenvalue weighted by Gasteiger charge is 2.05. The molecule has 2 aromatic rings. The molecule has 1 unspecified atom stereocenters. The summed E-state index contributed by atoms with van der Waals surface area (Å²) in [5, 5.41) is 2.59. The van der Waals surface area contributed by atoms with Crippen LogP contribution in [0.2, 0.25) is 0 Å². The molecule has 0 aliphatic rings. The Kier molecular flexibility index (Phi) is 4.44. The van der Waals surface area contributed by atoms with Crippen molar-refractivity contribution in [3.8, 4) is 11.5 Å². The van der Waals surface area contributed by atoms with Crippen LogP contribution < -0.4 is 20.1 Å². The van der Waals surface area contributed by atoms with Gasteiger partial charge in [-0.25, -0.2) is 0 Å². The summed E-state index contributed by atoms with van der Waals surface area (Å²) in [6, 6.07) is 12.7. The monoisotopic (exact) mass is 274 g/mol. The Morgan fingerprint density at radius 3 is 2.00 bits per heavy atom. The molecule has 2 nitrogen and oxygen atoms in total. The van der Waals surface area contributed by atoms with Crippen LogP contribution in [-0.2, 0) is 0 Å². The van der Waals surface area contributed by atoms with Gasteiger partial charge < -0.3 is 9.47 Å². The molecular formula is C16H19O2P. The standard InChI is InChI=1S/C16H19O2P/c1-11-5-6-13(9-12(11)2)19-14-7-8-15(17-3)16(10-14)18-4/h5-10,19H,1-4H3. The molecule has 2 rings (SSSR count). The lowest BCUT2D eigenvalue weighted by atomic mass is 10.1. The number of rotatable bonds is 4. The fourth-order valence-electron chi connectivity index (χ4n) is 1.90. The number of benzene rings is 2. The first kappa shape index (κ1) is 13.9. The van der Waals surface area contributed by atoms with Gasteiger partial charge in [0.1, 0.15) is 0 Å². The molecule has 0 bridgehead atoms. The fraction of sp³-hybridized carbons (Fsp3) is 0.250. The Balaban J connectivity index is 2.25. The van der Waals surface area contributed by atoms with E-state index in [1.165, 1.54) is 21.7 Å². The van der Waals surface area contributed by atoms with E-state index in [1.54, 1.807) is 14.2 Å². The van der Waals surface area contributed by atoms with Crippen LogP contribution in [0, 0.1) is 13.8 Å². The largest absolute Gasteiger partial charge is 0.493 e. The van der Waals surface area contributed by atoms with Crippen LogP contribution in [-0.4, -0.2) is 14.2 Å². The lowest BCUT2D eigenvalue weighted by Gasteiger charge is -2.10. The van der Waals surface area contributed by atoms with Gasteiger partial charge in [-0.2, -0.15) is 0 Å². The van der Waals surface area contributed by atoms with E-state index in [0.717, 1.165) is 11.5 Å². The second-order valence-electron chi connectivity index (χ2n) is 4.49. The summed E-state index contributed by atoms with van der Waals surface area (Å²) >= 11 is 0. The normalized spacial score (nSPS) is 10.9. The van der Waals surface area contributed by atoms with Gasteiger partial charge in [-0.1, -0.05) is 32.8 Å². The number of aryl methyl sites for hydroxylation is 2. The first-order chi connectivity index (χ1) is 9.13. The van der Waals surface area contributed by atoms with Crippen molar-refractivity contribution < 1.29 is 9.47 Å². The molecule has 2 aromatic carbocycles. The fourth-order valence-corrected chi connectivity index (χ4v) is 3.06. The number of methoxy groups -OCH3 is 2. The molecule has 0 aliphatic carbocycles. The molecule has 0 heterocycles. The maximum atomic E-state index is 5.34. The van der Waals surface area contributed by atoms with Crippen molar-refractivity contribution in [3.05, 3.63) is 47.5 Å². The Morgan fingerprint density at radius 1 is 0.737 bits per heavy atom. The summed E-state index contributed by atoms with van der Waals surface area (Å²) < 4.78 is 10.6. The van der Waals surface area contributed by atoms with Gasteiger partial charge in [-0.3, -0.25) is 0 Å². The SMILES string of the molecule is COc1ccc(Pc2ccc(C)c(C)c2)cc1OC. The maximum Gasteiger partial charge on any atom is 0.161 e. The van der Waals surface area contributed by atoms with Gasteiger partial charge in [-0.15, -0.1) is 0 Å². The van der Waals surface area contributed by atoms with Gasteiger partial charge in [-0.05, 0) is 47.7 Å². The number of ether oxygens (including phenoxy) is 2. The molecule has 0 radical (unpaired) electrons. The second kappa shape index (κ2) is 6.08. The van der Waals surface area contributed by atoms with Crippen molar-refractivity contribution in [1.29, 1.82) is 0 Å². The smallest absolute Gasteiger partial charge is 0.161 e. The molecule has 0 amide bonds. The molecular weight excluding hydrogens is 255 g/mol. The minimum atomic E-state index is 0.631. The zero-order valence-electron chi connectivity index (χ0n) is 11.8. The summed E-state index contributed by atoms with van der Waals surface area (Å²) in [6.45, 7) is 4.29. The molecule has 0 aromatic heterocycles. The zero-order valence-corrected chi connectivity index (χ0v) is 12.8. The predicted octanol–water partition coefficient (Wildman–Crippen LogP) is 2.95. The highest BCUT2D eigenvalue weighted by Crippen LogP contribution is 2.27. The summed E-state index contributed by atoms with van der Waals surface area (Å²) in [7, 11) is 3.95. The van der Waals surface area contributed by atoms with Gasteiger partial charge in [0.05, 0.1) is 14.2 Å². The van der Waals surface area contributed by atoms with Crippen molar-refractivity contribution >= 4 is 19.2 Å². The van der Waals surface area contributed by atoms with Crippen LogP contribution in [0.3, 0.4) is 0 Å². The van der Waals surface area contributed by atoms with Crippen molar-refractivity contribution in [2.75, 3.05) is 14.2 Å². The highest BCUT2D eigenvalue weighted by atomic mass is 31.1. The highest BCUT2D eigenvalue weighted by molar-refractivity contribution is 7.55. The van der Waals surface area contributed by atoms with Crippen molar-refractivity contribution in [1.82, 2.24) is 0 Å². The quantitative estimate of drug-likeness (QED) is 0.798. The van der Waals surface area contributed by atoms with E-state index in [4.69, 9.17) is 9.47 Å². The first-order valence-corrected chi connectivity index (χ1v) is 7.20. The van der Waals surface area contributed by atoms with Crippen LogP contribution >= 0.6 is 8.58 Å². The molecule has 0 saturated heterocycles. The van der Waals surface area contributed by atoms with E-state index in [1.807, 2.05) is 12.1 Å². The number of hydrogen-bond acceptors (Lipinski definition) is 2. The maximum absolute atomic E-state index is 5.34. The molecule has 19 heavy (non-hydrogen) atoms. The summed E-state index contributed by atoms with van der Waals surface area (Å²) in [5.41, 5.74) is 2.67. The van der Waals surface area contributed by atoms with Crippen LogP contribution in [0.25, 0.3) is 0 Å². The lowest BCUT2D eigenvalue weighted by Crippen LogP contribution is -2.05. The predicted molar refractivity (Wildman–Crippen MR) is 83.0 cm³/mol. The van der Waals surface area contributed by atoms with Crippen LogP contribution in [0.1, 0.15) is 11.1 Å². The molecule has 100 valence electrons. The van der Waals surface area contributed by atoms with Gasteiger partial charge in [0.25, 0.3) is 0 Å². The van der Waals surface area contributed by atoms with Crippen molar-refractivity contribution in [2.24, 2.45) is 0 Å². The van der Waals surface area contributed by atoms with Crippen LogP contribution in [0.5, 0.6) is 11.5 Å². The lowest BCUT2D eigenvalue weighted by molar-refractivity contribution is 0.355. The summed E-state index contributed by atoms with van der Waals surface area (Å²) in [6.07, 6.45) is 0. The number of hydrogen-bond donors (Lipinski definition) is 0. The van der Waals surface area contributed by atoms with Gasteiger partial charge >= 0.3 is 0 Å². The zero-order chi connectivity index (χ0) is 13.8. The Hall–Kier alpha value is -1.53. The Morgan fingerprint density at radius 2 is 1.37 bits per heavy atom. The van der Waals surface area contributed by atoms with Gasteiger partial charge in [0.15, 0.2) is 11.5 Å². The molecule has 3 heteroatoms. The summed E-state index contributed by atoms with van der Waals surface area (Å²) in [4.78, 5) is 0. The van der Waals surface area contributed by atoms with Gasteiger partial charge in [0.2, 0.25) is 0 Å². The summed E-state index contributed by atoms with van der Waals surface area (Å²) in [5.74, 6) is 1.56. The Bertz CT molecular complexity index is 579. The third-order valence-corrected chi connectivity index (χ3v) is 4.38. The Labute approximate surface area is 116 Å². The van der Waals surface area contributed by atoms with E-state index in [2.05, 4.69) is 38.1 Å². The third kappa shape index (κ3) is 3.27. The van der Waals surface area contributed by atoms with E-state index < -0.39 is 0 Å². The first-order valence-electron chi connectivity index (χ1n) is 6.20. The molecule has 0 N–H and O–H groups in total. The van der Waals surface area contributed by atoms with Crippen molar-refractivity contribution in [2.45, 2.75) is 13.8 Å². The molecule has 0 spiro atoms. The molecule has 1 atom stereocenters. The third-order valence-electron chi connectivity index (χ3n) is 3.18. The van der Waals surface area contributed by atoms with Crippen LogP contribution in [0.4, 0.5) is 0 Å². The van der Waals surface area contributed by atoms with Gasteiger partial charge in [0, 0.05) is 0 Å². The van der Waals surface area contributed by atoms with E-state index in [0.29, 0.717) is 8.58 Å². The average molecular weight is 274 g/mol. The minimum Gasteiger partial charge on any atom is -0.493 e. The second-order valence-corrected chi connectivity index (χ2v) is 5.90. The van der Waals surface area contributed by atoms with Crippen molar-refractivity contribution in [3.63, 3.8) is 0 Å². The molecule has 0 aliphatic heterocycles. The van der Waals surface area contributed by atoms with E-state index in [9.17, 15) is 0 Å².